The molecule has 0 aromatic heterocycles. The molecule has 0 aromatic carbocycles. The van der Waals surface area contributed by atoms with E-state index in [0.717, 1.165) is 38.2 Å². The maximum atomic E-state index is 11.3. The topological polar surface area (TPSA) is 38.3 Å². The number of allylic oxidation sites excluding steroid dienone is 1. The van der Waals surface area contributed by atoms with Gasteiger partial charge in [0.2, 0.25) is 5.91 Å². The number of hydrogen-bond acceptors (Lipinski definition) is 2. The summed E-state index contributed by atoms with van der Waals surface area (Å²) in [6.07, 6.45) is 3.90. The summed E-state index contributed by atoms with van der Waals surface area (Å²) in [5, 5.41) is 2.89. The highest BCUT2D eigenvalue weighted by molar-refractivity contribution is 5.87. The second-order valence-corrected chi connectivity index (χ2v) is 4.05. The third-order valence-electron chi connectivity index (χ3n) is 2.24. The van der Waals surface area contributed by atoms with Crippen LogP contribution in [0, 0.1) is 5.92 Å². The molecule has 1 atom stereocenters. The fraction of sp³-hybridized carbons (Fsp3) is 0.727. The van der Waals surface area contributed by atoms with Gasteiger partial charge >= 0.3 is 0 Å². The zero-order chi connectivity index (χ0) is 10.4. The molecule has 80 valence electrons. The smallest absolute Gasteiger partial charge is 0.243 e. The Morgan fingerprint density at radius 3 is 2.93 bits per heavy atom. The summed E-state index contributed by atoms with van der Waals surface area (Å²) >= 11 is 0. The van der Waals surface area contributed by atoms with E-state index >= 15 is 0 Å². The largest absolute Gasteiger partial charge is 0.381 e. The molecule has 0 bridgehead atoms. The first-order valence-corrected chi connectivity index (χ1v) is 5.19. The molecular formula is C11H19NO2. The lowest BCUT2D eigenvalue weighted by molar-refractivity contribution is -0.116. The van der Waals surface area contributed by atoms with E-state index in [1.165, 1.54) is 0 Å². The quantitative estimate of drug-likeness (QED) is 0.696. The lowest BCUT2D eigenvalue weighted by atomic mass is 10.0. The van der Waals surface area contributed by atoms with Crippen LogP contribution in [-0.2, 0) is 9.53 Å². The molecule has 1 N–H and O–H groups in total. The molecule has 1 aliphatic heterocycles. The summed E-state index contributed by atoms with van der Waals surface area (Å²) in [4.78, 5) is 11.3. The van der Waals surface area contributed by atoms with Crippen molar-refractivity contribution in [1.82, 2.24) is 5.32 Å². The van der Waals surface area contributed by atoms with Crippen LogP contribution in [0.3, 0.4) is 0 Å². The Labute approximate surface area is 85.5 Å². The van der Waals surface area contributed by atoms with E-state index < -0.39 is 0 Å². The van der Waals surface area contributed by atoms with Gasteiger partial charge in [-0.25, -0.2) is 0 Å². The number of ether oxygens (including phenoxy) is 1. The van der Waals surface area contributed by atoms with Gasteiger partial charge in [0.25, 0.3) is 0 Å². The normalized spacial score (nSPS) is 21.4. The molecule has 0 saturated carbocycles. The molecule has 1 fully saturated rings. The molecule has 1 saturated heterocycles. The maximum absolute atomic E-state index is 11.3. The third-order valence-corrected chi connectivity index (χ3v) is 2.24. The first kappa shape index (κ1) is 11.2. The van der Waals surface area contributed by atoms with Crippen molar-refractivity contribution < 1.29 is 9.53 Å². The average Bonchev–Trinajstić information content (AvgIpc) is 2.15. The molecule has 0 aliphatic carbocycles. The standard InChI is InChI=1S/C11H19NO2/c1-9(2)6-11(13)12-7-10-4-3-5-14-8-10/h6,10H,3-5,7-8H2,1-2H3,(H,12,13). The first-order chi connectivity index (χ1) is 6.68. The molecule has 1 aliphatic rings. The van der Waals surface area contributed by atoms with Gasteiger partial charge in [-0.2, -0.15) is 0 Å². The van der Waals surface area contributed by atoms with Crippen LogP contribution in [-0.4, -0.2) is 25.7 Å². The van der Waals surface area contributed by atoms with Gasteiger partial charge in [-0.05, 0) is 32.6 Å². The zero-order valence-electron chi connectivity index (χ0n) is 9.01. The Morgan fingerprint density at radius 1 is 1.57 bits per heavy atom. The van der Waals surface area contributed by atoms with Gasteiger partial charge in [0, 0.05) is 19.2 Å². The number of carbonyl (C=O) groups excluding carboxylic acids is 1. The Kier molecular flexibility index (Phi) is 4.66. The lowest BCUT2D eigenvalue weighted by Crippen LogP contribution is -2.32. The predicted octanol–water partition coefficient (Wildman–Crippen LogP) is 1.50. The second-order valence-electron chi connectivity index (χ2n) is 4.05. The van der Waals surface area contributed by atoms with Crippen LogP contribution < -0.4 is 5.32 Å². The summed E-state index contributed by atoms with van der Waals surface area (Å²) < 4.78 is 5.33. The Bertz CT molecular complexity index is 213. The molecule has 0 aromatic rings. The molecule has 1 heterocycles. The Hall–Kier alpha value is -0.830. The maximum Gasteiger partial charge on any atom is 0.243 e. The first-order valence-electron chi connectivity index (χ1n) is 5.19. The SMILES string of the molecule is CC(C)=CC(=O)NCC1CCCOC1. The molecule has 0 radical (unpaired) electrons. The summed E-state index contributed by atoms with van der Waals surface area (Å²) in [5.74, 6) is 0.508. The van der Waals surface area contributed by atoms with E-state index in [9.17, 15) is 4.79 Å². The van der Waals surface area contributed by atoms with Crippen LogP contribution in [0.15, 0.2) is 11.6 Å². The summed E-state index contributed by atoms with van der Waals surface area (Å²) in [6, 6.07) is 0. The van der Waals surface area contributed by atoms with E-state index in [2.05, 4.69) is 5.32 Å². The van der Waals surface area contributed by atoms with Crippen molar-refractivity contribution in [2.24, 2.45) is 5.92 Å². The fourth-order valence-corrected chi connectivity index (χ4v) is 1.53. The molecule has 3 heteroatoms. The summed E-state index contributed by atoms with van der Waals surface area (Å²) in [6.45, 7) is 6.24. The minimum Gasteiger partial charge on any atom is -0.381 e. The van der Waals surface area contributed by atoms with Crippen molar-refractivity contribution in [2.45, 2.75) is 26.7 Å². The summed E-state index contributed by atoms with van der Waals surface area (Å²) in [5.41, 5.74) is 1.03. The van der Waals surface area contributed by atoms with Gasteiger partial charge in [0.1, 0.15) is 0 Å². The van der Waals surface area contributed by atoms with Gasteiger partial charge < -0.3 is 10.1 Å². The molecular weight excluding hydrogens is 178 g/mol. The predicted molar refractivity (Wildman–Crippen MR) is 56.0 cm³/mol. The van der Waals surface area contributed by atoms with Crippen LogP contribution in [0.1, 0.15) is 26.7 Å². The number of hydrogen-bond donors (Lipinski definition) is 1. The van der Waals surface area contributed by atoms with Gasteiger partial charge in [0.15, 0.2) is 0 Å². The number of carbonyl (C=O) groups is 1. The highest BCUT2D eigenvalue weighted by atomic mass is 16.5. The molecule has 1 rings (SSSR count). The third kappa shape index (κ3) is 4.42. The Morgan fingerprint density at radius 2 is 2.36 bits per heavy atom. The molecule has 14 heavy (non-hydrogen) atoms. The molecule has 1 unspecified atom stereocenters. The van der Waals surface area contributed by atoms with Crippen LogP contribution in [0.2, 0.25) is 0 Å². The van der Waals surface area contributed by atoms with Crippen molar-refractivity contribution in [3.63, 3.8) is 0 Å². The van der Waals surface area contributed by atoms with E-state index in [4.69, 9.17) is 4.74 Å². The van der Waals surface area contributed by atoms with Crippen LogP contribution in [0.4, 0.5) is 0 Å². The van der Waals surface area contributed by atoms with Crippen molar-refractivity contribution in [3.05, 3.63) is 11.6 Å². The molecule has 0 spiro atoms. The van der Waals surface area contributed by atoms with Crippen molar-refractivity contribution in [3.8, 4) is 0 Å². The number of amides is 1. The van der Waals surface area contributed by atoms with Crippen LogP contribution >= 0.6 is 0 Å². The second kappa shape index (κ2) is 5.81. The number of rotatable bonds is 3. The van der Waals surface area contributed by atoms with E-state index in [0.29, 0.717) is 5.92 Å². The van der Waals surface area contributed by atoms with E-state index in [1.807, 2.05) is 13.8 Å². The minimum absolute atomic E-state index is 0.00979. The Balaban J connectivity index is 2.19. The minimum atomic E-state index is 0.00979. The van der Waals surface area contributed by atoms with E-state index in [-0.39, 0.29) is 5.91 Å². The highest BCUT2D eigenvalue weighted by Gasteiger charge is 2.13. The zero-order valence-corrected chi connectivity index (χ0v) is 9.01. The number of nitrogens with one attached hydrogen (secondary N) is 1. The summed E-state index contributed by atoms with van der Waals surface area (Å²) in [7, 11) is 0. The average molecular weight is 197 g/mol. The van der Waals surface area contributed by atoms with Crippen LogP contribution in [0.5, 0.6) is 0 Å². The lowest BCUT2D eigenvalue weighted by Gasteiger charge is -2.21. The van der Waals surface area contributed by atoms with Crippen molar-refractivity contribution in [1.29, 1.82) is 0 Å². The molecule has 1 amide bonds. The fourth-order valence-electron chi connectivity index (χ4n) is 1.53. The van der Waals surface area contributed by atoms with Gasteiger partial charge in [0.05, 0.1) is 6.61 Å². The van der Waals surface area contributed by atoms with Gasteiger partial charge in [-0.15, -0.1) is 0 Å². The highest BCUT2D eigenvalue weighted by Crippen LogP contribution is 2.11. The molecule has 3 nitrogen and oxygen atoms in total. The van der Waals surface area contributed by atoms with E-state index in [1.54, 1.807) is 6.08 Å². The van der Waals surface area contributed by atoms with Gasteiger partial charge in [-0.1, -0.05) is 5.57 Å². The van der Waals surface area contributed by atoms with Gasteiger partial charge in [-0.3, -0.25) is 4.79 Å². The monoisotopic (exact) mass is 197 g/mol. The van der Waals surface area contributed by atoms with Crippen molar-refractivity contribution in [2.75, 3.05) is 19.8 Å². The van der Waals surface area contributed by atoms with Crippen LogP contribution in [0.25, 0.3) is 0 Å². The van der Waals surface area contributed by atoms with Crippen molar-refractivity contribution >= 4 is 5.91 Å².